The minimum Gasteiger partial charge on any atom is -0.323 e. The van der Waals surface area contributed by atoms with Gasteiger partial charge in [0.2, 0.25) is 15.9 Å². The van der Waals surface area contributed by atoms with Gasteiger partial charge >= 0.3 is 0 Å². The van der Waals surface area contributed by atoms with Crippen molar-refractivity contribution in [2.75, 3.05) is 44.3 Å². The minimum atomic E-state index is -3.55. The van der Waals surface area contributed by atoms with Gasteiger partial charge in [-0.15, -0.1) is 10.2 Å². The Bertz CT molecular complexity index is 1290. The predicted molar refractivity (Wildman–Crippen MR) is 133 cm³/mol. The third kappa shape index (κ3) is 5.72. The second-order valence-corrected chi connectivity index (χ2v) is 11.0. The first kappa shape index (κ1) is 25.3. The lowest BCUT2D eigenvalue weighted by atomic mass is 10.2. The van der Waals surface area contributed by atoms with Gasteiger partial charge in [-0.3, -0.25) is 4.79 Å². The Labute approximate surface area is 208 Å². The molecule has 0 unspecified atom stereocenters. The number of halogens is 1. The molecule has 1 aliphatic heterocycles. The van der Waals surface area contributed by atoms with Crippen LogP contribution in [-0.2, 0) is 21.4 Å². The number of likely N-dealkylation sites (N-methyl/N-ethyl adjacent to an activating group) is 1. The fourth-order valence-electron chi connectivity index (χ4n) is 3.73. The molecule has 1 aromatic heterocycles. The molecule has 0 atom stereocenters. The molecule has 2 heterocycles. The molecule has 4 rings (SSSR count). The number of nitrogens with one attached hydrogen (secondary N) is 1. The maximum absolute atomic E-state index is 13.8. The van der Waals surface area contributed by atoms with E-state index in [-0.39, 0.29) is 22.2 Å². The van der Waals surface area contributed by atoms with Crippen LogP contribution < -0.4 is 5.32 Å². The van der Waals surface area contributed by atoms with Crippen LogP contribution in [0.15, 0.2) is 58.6 Å². The zero-order valence-corrected chi connectivity index (χ0v) is 21.1. The largest absolute Gasteiger partial charge is 0.323 e. The number of carbonyl (C=O) groups excluding carboxylic acids is 1. The third-order valence-electron chi connectivity index (χ3n) is 5.73. The molecule has 2 aromatic carbocycles. The van der Waals surface area contributed by atoms with Gasteiger partial charge in [-0.1, -0.05) is 23.9 Å². The Morgan fingerprint density at radius 1 is 1.06 bits per heavy atom. The highest BCUT2D eigenvalue weighted by Crippen LogP contribution is 2.26. The number of hydrogen-bond acceptors (Lipinski definition) is 7. The molecule has 1 saturated heterocycles. The van der Waals surface area contributed by atoms with Gasteiger partial charge in [0.15, 0.2) is 11.0 Å². The van der Waals surface area contributed by atoms with Crippen LogP contribution in [0.2, 0.25) is 0 Å². The molecule has 1 fully saturated rings. The highest BCUT2D eigenvalue weighted by Gasteiger charge is 2.27. The Balaban J connectivity index is 1.45. The first-order valence-corrected chi connectivity index (χ1v) is 13.6. The van der Waals surface area contributed by atoms with Crippen LogP contribution >= 0.6 is 11.8 Å². The molecule has 0 radical (unpaired) electrons. The number of nitrogens with zero attached hydrogens (tertiary/aromatic N) is 5. The van der Waals surface area contributed by atoms with Crippen molar-refractivity contribution >= 4 is 33.4 Å². The van der Waals surface area contributed by atoms with Crippen molar-refractivity contribution in [1.29, 1.82) is 0 Å². The molecule has 9 nitrogen and oxygen atoms in total. The second-order valence-electron chi connectivity index (χ2n) is 8.10. The molecule has 3 aromatic rings. The Morgan fingerprint density at radius 2 is 1.74 bits per heavy atom. The molecule has 1 amide bonds. The highest BCUT2D eigenvalue weighted by atomic mass is 32.2. The number of amides is 1. The normalized spacial score (nSPS) is 15.3. The van der Waals surface area contributed by atoms with Gasteiger partial charge in [-0.25, -0.2) is 12.8 Å². The molecular weight excluding hydrogens is 491 g/mol. The van der Waals surface area contributed by atoms with Crippen LogP contribution in [0.5, 0.6) is 0 Å². The van der Waals surface area contributed by atoms with Crippen molar-refractivity contribution in [3.8, 4) is 11.4 Å². The summed E-state index contributed by atoms with van der Waals surface area (Å²) in [6.07, 6.45) is 0. The lowest BCUT2D eigenvalue weighted by Crippen LogP contribution is -2.46. The van der Waals surface area contributed by atoms with Crippen LogP contribution in [0.1, 0.15) is 6.92 Å². The number of anilines is 1. The summed E-state index contributed by atoms with van der Waals surface area (Å²) in [5, 5.41) is 11.6. The maximum Gasteiger partial charge on any atom is 0.243 e. The van der Waals surface area contributed by atoms with Crippen molar-refractivity contribution in [3.63, 3.8) is 0 Å². The van der Waals surface area contributed by atoms with E-state index >= 15 is 0 Å². The number of sulfonamides is 1. The zero-order chi connectivity index (χ0) is 25.0. The Hall–Kier alpha value is -2.80. The summed E-state index contributed by atoms with van der Waals surface area (Å²) in [6, 6.07) is 12.6. The van der Waals surface area contributed by atoms with Crippen molar-refractivity contribution in [2.24, 2.45) is 0 Å². The summed E-state index contributed by atoms with van der Waals surface area (Å²) >= 11 is 1.20. The molecule has 0 aliphatic carbocycles. The van der Waals surface area contributed by atoms with Crippen LogP contribution in [-0.4, -0.2) is 77.3 Å². The van der Waals surface area contributed by atoms with Gasteiger partial charge in [0.25, 0.3) is 0 Å². The number of para-hydroxylation sites is 1. The van der Waals surface area contributed by atoms with E-state index in [2.05, 4.69) is 20.4 Å². The second kappa shape index (κ2) is 10.9. The molecule has 0 bridgehead atoms. The lowest BCUT2D eigenvalue weighted by Gasteiger charge is -2.31. The first-order valence-electron chi connectivity index (χ1n) is 11.2. The van der Waals surface area contributed by atoms with Gasteiger partial charge in [0.05, 0.1) is 16.3 Å². The van der Waals surface area contributed by atoms with Crippen molar-refractivity contribution in [2.45, 2.75) is 23.5 Å². The number of rotatable bonds is 8. The smallest absolute Gasteiger partial charge is 0.243 e. The number of piperazine rings is 1. The van der Waals surface area contributed by atoms with E-state index < -0.39 is 15.8 Å². The summed E-state index contributed by atoms with van der Waals surface area (Å²) in [5.41, 5.74) is 0.849. The summed E-state index contributed by atoms with van der Waals surface area (Å²) in [5.74, 6) is -0.240. The number of benzene rings is 2. The molecule has 1 N–H and O–H groups in total. The number of thioether (sulfide) groups is 1. The molecule has 1 aliphatic rings. The fraction of sp³-hybridized carbons (Fsp3) is 0.348. The van der Waals surface area contributed by atoms with Gasteiger partial charge in [-0.05, 0) is 50.4 Å². The Morgan fingerprint density at radius 3 is 2.40 bits per heavy atom. The molecule has 12 heteroatoms. The molecule has 186 valence electrons. The van der Waals surface area contributed by atoms with E-state index in [1.165, 1.54) is 28.2 Å². The quantitative estimate of drug-likeness (QED) is 0.458. The number of carbonyl (C=O) groups is 1. The fourth-order valence-corrected chi connectivity index (χ4v) is 5.95. The van der Waals surface area contributed by atoms with E-state index in [4.69, 9.17) is 0 Å². The molecule has 0 spiro atoms. The number of aromatic nitrogens is 3. The van der Waals surface area contributed by atoms with Crippen molar-refractivity contribution in [1.82, 2.24) is 24.0 Å². The Kier molecular flexibility index (Phi) is 7.85. The molecule has 0 saturated carbocycles. The summed E-state index contributed by atoms with van der Waals surface area (Å²) in [6.45, 7) is 4.83. The third-order valence-corrected chi connectivity index (χ3v) is 8.61. The monoisotopic (exact) mass is 518 g/mol. The zero-order valence-electron chi connectivity index (χ0n) is 19.5. The molecule has 35 heavy (non-hydrogen) atoms. The van der Waals surface area contributed by atoms with Gasteiger partial charge in [0, 0.05) is 38.3 Å². The van der Waals surface area contributed by atoms with Gasteiger partial charge in [-0.2, -0.15) is 4.31 Å². The van der Waals surface area contributed by atoms with E-state index in [1.807, 2.05) is 18.5 Å². The SMILES string of the molecule is CCn1c(SCC(=O)Nc2ccccc2F)nnc1-c1ccc(S(=O)(=O)N2CCN(C)CC2)cc1. The van der Waals surface area contributed by atoms with Crippen molar-refractivity contribution in [3.05, 3.63) is 54.3 Å². The van der Waals surface area contributed by atoms with Crippen LogP contribution in [0.25, 0.3) is 11.4 Å². The highest BCUT2D eigenvalue weighted by molar-refractivity contribution is 7.99. The minimum absolute atomic E-state index is 0.0364. The van der Waals surface area contributed by atoms with Gasteiger partial charge in [0.1, 0.15) is 5.82 Å². The topological polar surface area (TPSA) is 100 Å². The van der Waals surface area contributed by atoms with E-state index in [0.29, 0.717) is 43.7 Å². The van der Waals surface area contributed by atoms with Crippen LogP contribution in [0, 0.1) is 5.82 Å². The van der Waals surface area contributed by atoms with Gasteiger partial charge < -0.3 is 14.8 Å². The van der Waals surface area contributed by atoms with E-state index in [1.54, 1.807) is 36.4 Å². The first-order chi connectivity index (χ1) is 16.8. The average Bonchev–Trinajstić information content (AvgIpc) is 3.27. The van der Waals surface area contributed by atoms with Crippen LogP contribution in [0.4, 0.5) is 10.1 Å². The maximum atomic E-state index is 13.8. The number of hydrogen-bond donors (Lipinski definition) is 1. The summed E-state index contributed by atoms with van der Waals surface area (Å²) in [7, 11) is -1.58. The summed E-state index contributed by atoms with van der Waals surface area (Å²) in [4.78, 5) is 14.6. The van der Waals surface area contributed by atoms with Crippen molar-refractivity contribution < 1.29 is 17.6 Å². The predicted octanol–water partition coefficient (Wildman–Crippen LogP) is 2.77. The standard InChI is InChI=1S/C23H27FN6O3S2/c1-3-30-22(26-27-23(30)34-16-21(31)25-20-7-5-4-6-19(20)24)17-8-10-18(11-9-17)35(32,33)29-14-12-28(2)13-15-29/h4-11H,3,12-16H2,1-2H3,(H,25,31). The lowest BCUT2D eigenvalue weighted by molar-refractivity contribution is -0.113. The van der Waals surface area contributed by atoms with E-state index in [9.17, 15) is 17.6 Å². The summed E-state index contributed by atoms with van der Waals surface area (Å²) < 4.78 is 43.1. The average molecular weight is 519 g/mol. The van der Waals surface area contributed by atoms with E-state index in [0.717, 1.165) is 5.56 Å². The molecular formula is C23H27FN6O3S2. The van der Waals surface area contributed by atoms with Crippen LogP contribution in [0.3, 0.4) is 0 Å².